The van der Waals surface area contributed by atoms with Crippen LogP contribution in [-0.2, 0) is 4.79 Å². The Morgan fingerprint density at radius 3 is 2.67 bits per heavy atom. The van der Waals surface area contributed by atoms with Crippen LogP contribution >= 0.6 is 0 Å². The van der Waals surface area contributed by atoms with Gasteiger partial charge in [0, 0.05) is 11.7 Å². The van der Waals surface area contributed by atoms with Crippen LogP contribution in [0.5, 0.6) is 0 Å². The van der Waals surface area contributed by atoms with Gasteiger partial charge in [-0.1, -0.05) is 6.42 Å². The van der Waals surface area contributed by atoms with Crippen LogP contribution in [-0.4, -0.2) is 29.2 Å². The summed E-state index contributed by atoms with van der Waals surface area (Å²) in [5, 5.41) is 10.9. The molecule has 1 aliphatic heterocycles. The number of benzene rings is 1. The summed E-state index contributed by atoms with van der Waals surface area (Å²) in [4.78, 5) is 14.5. The summed E-state index contributed by atoms with van der Waals surface area (Å²) in [6, 6.07) is 5.75. The van der Waals surface area contributed by atoms with Crippen molar-refractivity contribution in [3.05, 3.63) is 30.1 Å². The predicted molar refractivity (Wildman–Crippen MR) is 78.3 cm³/mol. The second-order valence-corrected chi connectivity index (χ2v) is 6.58. The molecule has 2 fully saturated rings. The summed E-state index contributed by atoms with van der Waals surface area (Å²) >= 11 is 0. The number of nitrogens with two attached hydrogens (primary N) is 1. The monoisotopic (exact) mass is 292 g/mol. The molecule has 0 bridgehead atoms. The minimum Gasteiger partial charge on any atom is -0.387 e. The van der Waals surface area contributed by atoms with Gasteiger partial charge in [0.2, 0.25) is 5.91 Å². The van der Waals surface area contributed by atoms with Gasteiger partial charge in [0.25, 0.3) is 0 Å². The molecule has 1 aromatic carbocycles. The number of aliphatic hydroxyl groups is 1. The molecule has 2 aliphatic rings. The van der Waals surface area contributed by atoms with Gasteiger partial charge < -0.3 is 15.7 Å². The molecule has 3 N–H and O–H groups in total. The second kappa shape index (κ2) is 4.78. The summed E-state index contributed by atoms with van der Waals surface area (Å²) in [7, 11) is 0. The fourth-order valence-electron chi connectivity index (χ4n) is 3.85. The zero-order valence-electron chi connectivity index (χ0n) is 12.2. The highest BCUT2D eigenvalue weighted by atomic mass is 19.1. The first-order valence-electron chi connectivity index (χ1n) is 7.41. The Kier molecular flexibility index (Phi) is 3.30. The summed E-state index contributed by atoms with van der Waals surface area (Å²) in [5.74, 6) is -0.430. The van der Waals surface area contributed by atoms with E-state index in [2.05, 4.69) is 0 Å². The lowest BCUT2D eigenvalue weighted by Gasteiger charge is -2.42. The Morgan fingerprint density at radius 2 is 2.05 bits per heavy atom. The molecular formula is C16H21FN2O2. The third-order valence-electron chi connectivity index (χ3n) is 5.08. The van der Waals surface area contributed by atoms with Gasteiger partial charge in [0.15, 0.2) is 0 Å². The van der Waals surface area contributed by atoms with E-state index in [1.165, 1.54) is 12.1 Å². The first-order valence-corrected chi connectivity index (χ1v) is 7.41. The number of hydrogen-bond acceptors (Lipinski definition) is 3. The number of β-amino-alcohol motifs (C(OH)–C–C–N with tert-alkyl or cyclic N) is 1. The zero-order valence-corrected chi connectivity index (χ0v) is 12.2. The average molecular weight is 292 g/mol. The largest absolute Gasteiger partial charge is 0.387 e. The summed E-state index contributed by atoms with van der Waals surface area (Å²) in [5.41, 5.74) is 4.75. The number of anilines is 1. The van der Waals surface area contributed by atoms with Gasteiger partial charge in [-0.2, -0.15) is 0 Å². The van der Waals surface area contributed by atoms with E-state index in [0.717, 1.165) is 12.8 Å². The van der Waals surface area contributed by atoms with Gasteiger partial charge in [-0.3, -0.25) is 4.79 Å². The summed E-state index contributed by atoms with van der Waals surface area (Å²) in [6.07, 6.45) is 2.91. The molecular weight excluding hydrogens is 271 g/mol. The van der Waals surface area contributed by atoms with Crippen LogP contribution in [0.1, 0.15) is 32.6 Å². The van der Waals surface area contributed by atoms with E-state index in [1.807, 2.05) is 0 Å². The highest BCUT2D eigenvalue weighted by Gasteiger charge is 2.61. The van der Waals surface area contributed by atoms with Crippen LogP contribution in [0.4, 0.5) is 10.1 Å². The highest BCUT2D eigenvalue weighted by Crippen LogP contribution is 2.51. The quantitative estimate of drug-likeness (QED) is 0.829. The van der Waals surface area contributed by atoms with Crippen molar-refractivity contribution >= 4 is 11.6 Å². The fraction of sp³-hybridized carbons (Fsp3) is 0.562. The van der Waals surface area contributed by atoms with Crippen molar-refractivity contribution in [1.82, 2.24) is 0 Å². The van der Waals surface area contributed by atoms with Crippen LogP contribution < -0.4 is 10.6 Å². The molecule has 3 unspecified atom stereocenters. The summed E-state index contributed by atoms with van der Waals surface area (Å²) < 4.78 is 13.1. The first-order chi connectivity index (χ1) is 9.86. The molecule has 1 aromatic rings. The van der Waals surface area contributed by atoms with Gasteiger partial charge in [0.05, 0.1) is 17.6 Å². The van der Waals surface area contributed by atoms with Crippen LogP contribution in [0, 0.1) is 11.2 Å². The molecule has 4 nitrogen and oxygen atoms in total. The Hall–Kier alpha value is -1.46. The second-order valence-electron chi connectivity index (χ2n) is 6.58. The molecule has 3 atom stereocenters. The van der Waals surface area contributed by atoms with E-state index in [9.17, 15) is 14.3 Å². The Labute approximate surface area is 123 Å². The molecule has 1 saturated carbocycles. The SMILES string of the molecule is CC1(O)CN(c2ccc(F)cc2)C(=O)C12CCCC(N)C2. The van der Waals surface area contributed by atoms with Crippen LogP contribution in [0.15, 0.2) is 24.3 Å². The van der Waals surface area contributed by atoms with Crippen LogP contribution in [0.25, 0.3) is 0 Å². The molecule has 0 radical (unpaired) electrons. The smallest absolute Gasteiger partial charge is 0.236 e. The van der Waals surface area contributed by atoms with Crippen molar-refractivity contribution in [1.29, 1.82) is 0 Å². The molecule has 1 spiro atoms. The van der Waals surface area contributed by atoms with E-state index in [1.54, 1.807) is 24.0 Å². The van der Waals surface area contributed by atoms with Crippen molar-refractivity contribution < 1.29 is 14.3 Å². The summed E-state index contributed by atoms with van der Waals surface area (Å²) in [6.45, 7) is 1.94. The van der Waals surface area contributed by atoms with E-state index < -0.39 is 11.0 Å². The van der Waals surface area contributed by atoms with Gasteiger partial charge in [-0.15, -0.1) is 0 Å². The number of rotatable bonds is 1. The third-order valence-corrected chi connectivity index (χ3v) is 5.08. The van der Waals surface area contributed by atoms with E-state index in [4.69, 9.17) is 5.73 Å². The minimum atomic E-state index is -1.11. The van der Waals surface area contributed by atoms with Crippen LogP contribution in [0.2, 0.25) is 0 Å². The number of nitrogens with zero attached hydrogens (tertiary/aromatic N) is 1. The molecule has 1 amide bonds. The molecule has 1 aliphatic carbocycles. The molecule has 5 heteroatoms. The first kappa shape index (κ1) is 14.5. The Balaban J connectivity index is 1.97. The van der Waals surface area contributed by atoms with E-state index in [-0.39, 0.29) is 24.3 Å². The zero-order chi connectivity index (χ0) is 15.3. The van der Waals surface area contributed by atoms with Crippen molar-refractivity contribution in [3.8, 4) is 0 Å². The number of carbonyl (C=O) groups is 1. The van der Waals surface area contributed by atoms with Gasteiger partial charge in [0.1, 0.15) is 5.82 Å². The molecule has 114 valence electrons. The highest BCUT2D eigenvalue weighted by molar-refractivity contribution is 6.01. The lowest BCUT2D eigenvalue weighted by atomic mass is 9.64. The molecule has 3 rings (SSSR count). The number of carbonyl (C=O) groups excluding carboxylic acids is 1. The van der Waals surface area contributed by atoms with Crippen molar-refractivity contribution in [3.63, 3.8) is 0 Å². The Morgan fingerprint density at radius 1 is 1.38 bits per heavy atom. The van der Waals surface area contributed by atoms with Crippen molar-refractivity contribution in [2.75, 3.05) is 11.4 Å². The van der Waals surface area contributed by atoms with Gasteiger partial charge in [-0.05, 0) is 50.5 Å². The maximum atomic E-state index is 13.1. The average Bonchev–Trinajstić information content (AvgIpc) is 2.61. The molecule has 1 saturated heterocycles. The van der Waals surface area contributed by atoms with Crippen molar-refractivity contribution in [2.24, 2.45) is 11.1 Å². The van der Waals surface area contributed by atoms with Gasteiger partial charge in [-0.25, -0.2) is 4.39 Å². The third kappa shape index (κ3) is 2.15. The standard InChI is InChI=1S/C16H21FN2O2/c1-15(21)10-19(13-6-4-11(17)5-7-13)14(20)16(15)8-2-3-12(18)9-16/h4-7,12,21H,2-3,8-10,18H2,1H3. The van der Waals surface area contributed by atoms with Gasteiger partial charge >= 0.3 is 0 Å². The molecule has 1 heterocycles. The minimum absolute atomic E-state index is 0.0534. The molecule has 21 heavy (non-hydrogen) atoms. The predicted octanol–water partition coefficient (Wildman–Crippen LogP) is 1.81. The van der Waals surface area contributed by atoms with Crippen molar-refractivity contribution in [2.45, 2.75) is 44.2 Å². The maximum absolute atomic E-state index is 13.1. The maximum Gasteiger partial charge on any atom is 0.236 e. The van der Waals surface area contributed by atoms with E-state index in [0.29, 0.717) is 18.5 Å². The molecule has 0 aromatic heterocycles. The number of hydrogen-bond donors (Lipinski definition) is 2. The van der Waals surface area contributed by atoms with E-state index >= 15 is 0 Å². The Bertz CT molecular complexity index is 558. The number of amides is 1. The lowest BCUT2D eigenvalue weighted by Crippen LogP contribution is -2.52. The fourth-order valence-corrected chi connectivity index (χ4v) is 3.85. The van der Waals surface area contributed by atoms with Crippen LogP contribution in [0.3, 0.4) is 0 Å². The lowest BCUT2D eigenvalue weighted by molar-refractivity contribution is -0.139. The normalized spacial score (nSPS) is 36.5. The topological polar surface area (TPSA) is 66.6 Å². The number of halogens is 1.